The van der Waals surface area contributed by atoms with Crippen molar-refractivity contribution in [2.24, 2.45) is 5.92 Å². The van der Waals surface area contributed by atoms with Crippen molar-refractivity contribution < 1.29 is 28.3 Å². The van der Waals surface area contributed by atoms with Crippen LogP contribution in [0.4, 0.5) is 0 Å². The molecule has 8 nitrogen and oxygen atoms in total. The third kappa shape index (κ3) is 8.35. The van der Waals surface area contributed by atoms with Crippen LogP contribution in [0.1, 0.15) is 54.4 Å². The predicted octanol–water partition coefficient (Wildman–Crippen LogP) is 2.38. The largest absolute Gasteiger partial charge is 0.464 e. The number of esters is 1. The summed E-state index contributed by atoms with van der Waals surface area (Å²) >= 11 is 0. The van der Waals surface area contributed by atoms with Crippen molar-refractivity contribution in [3.63, 3.8) is 0 Å². The summed E-state index contributed by atoms with van der Waals surface area (Å²) in [5.74, 6) is -1.04. The molecule has 174 valence electrons. The van der Waals surface area contributed by atoms with E-state index in [1.165, 1.54) is 0 Å². The first-order chi connectivity index (χ1) is 13.8. The third-order valence-corrected chi connectivity index (χ3v) is 10.0. The molecule has 1 saturated heterocycles. The fourth-order valence-electron chi connectivity index (χ4n) is 2.62. The second-order valence-electron chi connectivity index (χ2n) is 9.67. The smallest absolute Gasteiger partial charge is 0.338 e. The predicted molar refractivity (Wildman–Crippen MR) is 117 cm³/mol. The molecule has 3 atom stereocenters. The normalized spacial score (nSPS) is 19.9. The number of carbonyl (C=O) groups is 3. The van der Waals surface area contributed by atoms with Gasteiger partial charge in [-0.1, -0.05) is 34.6 Å². The molecule has 30 heavy (non-hydrogen) atoms. The average Bonchev–Trinajstić information content (AvgIpc) is 3.40. The maximum atomic E-state index is 12.6. The summed E-state index contributed by atoms with van der Waals surface area (Å²) in [6.45, 7) is 17.9. The summed E-state index contributed by atoms with van der Waals surface area (Å²) in [5, 5.41) is 5.74. The Labute approximate surface area is 181 Å². The summed E-state index contributed by atoms with van der Waals surface area (Å²) in [4.78, 5) is 36.6. The molecule has 2 amide bonds. The highest BCUT2D eigenvalue weighted by molar-refractivity contribution is 6.74. The molecule has 9 heteroatoms. The van der Waals surface area contributed by atoms with Crippen molar-refractivity contribution >= 4 is 26.1 Å². The maximum Gasteiger partial charge on any atom is 0.338 e. The number of rotatable bonds is 12. The molecule has 0 aliphatic carbocycles. The fraction of sp³-hybridized carbons (Fsp3) is 0.857. The van der Waals surface area contributed by atoms with Crippen LogP contribution in [0, 0.1) is 5.92 Å². The highest BCUT2D eigenvalue weighted by atomic mass is 28.4. The molecular formula is C21H40N2O6Si. The first-order valence-corrected chi connectivity index (χ1v) is 13.7. The van der Waals surface area contributed by atoms with Gasteiger partial charge >= 0.3 is 5.97 Å². The molecular weight excluding hydrogens is 404 g/mol. The highest BCUT2D eigenvalue weighted by Crippen LogP contribution is 2.36. The lowest BCUT2D eigenvalue weighted by Crippen LogP contribution is -2.49. The van der Waals surface area contributed by atoms with Gasteiger partial charge in [0.25, 0.3) is 5.91 Å². The van der Waals surface area contributed by atoms with E-state index in [2.05, 4.69) is 44.5 Å². The number of epoxide rings is 1. The van der Waals surface area contributed by atoms with Crippen LogP contribution in [0.2, 0.25) is 18.1 Å². The molecule has 0 radical (unpaired) electrons. The number of ether oxygens (including phenoxy) is 2. The maximum absolute atomic E-state index is 12.6. The monoisotopic (exact) mass is 444 g/mol. The van der Waals surface area contributed by atoms with Gasteiger partial charge in [-0.2, -0.15) is 0 Å². The zero-order valence-electron chi connectivity index (χ0n) is 19.8. The molecule has 1 rings (SSSR count). The van der Waals surface area contributed by atoms with Crippen LogP contribution in [-0.4, -0.2) is 64.1 Å². The summed E-state index contributed by atoms with van der Waals surface area (Å²) < 4.78 is 16.1. The molecule has 0 spiro atoms. The number of hydrogen-bond acceptors (Lipinski definition) is 6. The Hall–Kier alpha value is -1.45. The SMILES string of the molecule is CCOC(=O)[C@H]1O[C@@H]1C(=O)N[C@@H](CC(C)C)C(=O)NCCCO[Si](C)(C)C(C)(C)C. The fourth-order valence-corrected chi connectivity index (χ4v) is 3.71. The number of carbonyl (C=O) groups excluding carboxylic acids is 3. The van der Waals surface area contributed by atoms with Gasteiger partial charge in [-0.05, 0) is 43.8 Å². The molecule has 0 aromatic carbocycles. The minimum Gasteiger partial charge on any atom is -0.464 e. The molecule has 0 bridgehead atoms. The molecule has 1 heterocycles. The lowest BCUT2D eigenvalue weighted by Gasteiger charge is -2.36. The second kappa shape index (κ2) is 11.2. The van der Waals surface area contributed by atoms with Gasteiger partial charge in [0.05, 0.1) is 6.61 Å². The van der Waals surface area contributed by atoms with Crippen LogP contribution in [0.25, 0.3) is 0 Å². The third-order valence-electron chi connectivity index (χ3n) is 5.50. The van der Waals surface area contributed by atoms with Crippen molar-refractivity contribution in [2.45, 2.75) is 90.8 Å². The van der Waals surface area contributed by atoms with Crippen molar-refractivity contribution in [1.29, 1.82) is 0 Å². The van der Waals surface area contributed by atoms with Crippen LogP contribution >= 0.6 is 0 Å². The van der Waals surface area contributed by atoms with E-state index in [0.717, 1.165) is 0 Å². The van der Waals surface area contributed by atoms with E-state index >= 15 is 0 Å². The van der Waals surface area contributed by atoms with E-state index in [-0.39, 0.29) is 23.5 Å². The van der Waals surface area contributed by atoms with Crippen LogP contribution < -0.4 is 10.6 Å². The van der Waals surface area contributed by atoms with Crippen molar-refractivity contribution in [1.82, 2.24) is 10.6 Å². The number of hydrogen-bond donors (Lipinski definition) is 2. The van der Waals surface area contributed by atoms with Gasteiger partial charge in [-0.25, -0.2) is 4.79 Å². The van der Waals surface area contributed by atoms with Gasteiger partial charge in [-0.15, -0.1) is 0 Å². The summed E-state index contributed by atoms with van der Waals surface area (Å²) in [6, 6.07) is -0.675. The summed E-state index contributed by atoms with van der Waals surface area (Å²) in [7, 11) is -1.80. The van der Waals surface area contributed by atoms with Gasteiger partial charge in [0.15, 0.2) is 20.5 Å². The van der Waals surface area contributed by atoms with Crippen molar-refractivity contribution in [3.8, 4) is 0 Å². The van der Waals surface area contributed by atoms with Gasteiger partial charge in [0.2, 0.25) is 5.91 Å². The molecule has 1 fully saturated rings. The minimum absolute atomic E-state index is 0.148. The lowest BCUT2D eigenvalue weighted by atomic mass is 10.0. The second-order valence-corrected chi connectivity index (χ2v) is 14.5. The standard InChI is InChI=1S/C21H40N2O6Si/c1-9-27-20(26)17-16(29-17)19(25)23-15(13-14(2)3)18(24)22-11-10-12-28-30(7,8)21(4,5)6/h14-17H,9-13H2,1-8H3,(H,22,24)(H,23,25)/t15-,16-,17-/m0/s1. The first kappa shape index (κ1) is 26.6. The van der Waals surface area contributed by atoms with Gasteiger partial charge < -0.3 is 24.5 Å². The number of nitrogens with one attached hydrogen (secondary N) is 2. The van der Waals surface area contributed by atoms with E-state index in [1.54, 1.807) is 6.92 Å². The van der Waals surface area contributed by atoms with Crippen LogP contribution in [0.15, 0.2) is 0 Å². The Balaban J connectivity index is 2.46. The van der Waals surface area contributed by atoms with E-state index in [9.17, 15) is 14.4 Å². The lowest BCUT2D eigenvalue weighted by molar-refractivity contribution is -0.144. The van der Waals surface area contributed by atoms with Crippen molar-refractivity contribution in [2.75, 3.05) is 19.8 Å². The Bertz CT molecular complexity index is 603. The van der Waals surface area contributed by atoms with Crippen LogP contribution in [0.5, 0.6) is 0 Å². The van der Waals surface area contributed by atoms with E-state index < -0.39 is 38.4 Å². The van der Waals surface area contributed by atoms with Crippen molar-refractivity contribution in [3.05, 3.63) is 0 Å². The highest BCUT2D eigenvalue weighted by Gasteiger charge is 2.52. The summed E-state index contributed by atoms with van der Waals surface area (Å²) in [6.07, 6.45) is -0.559. The zero-order valence-corrected chi connectivity index (χ0v) is 20.8. The molecule has 0 unspecified atom stereocenters. The number of amides is 2. The zero-order chi connectivity index (χ0) is 23.1. The topological polar surface area (TPSA) is 106 Å². The first-order valence-electron chi connectivity index (χ1n) is 10.8. The molecule has 0 saturated carbocycles. The molecule has 1 aliphatic rings. The Morgan fingerprint density at radius 3 is 2.30 bits per heavy atom. The molecule has 0 aromatic rings. The quantitative estimate of drug-likeness (QED) is 0.207. The Morgan fingerprint density at radius 1 is 1.13 bits per heavy atom. The summed E-state index contributed by atoms with van der Waals surface area (Å²) in [5.41, 5.74) is 0. The molecule has 2 N–H and O–H groups in total. The Kier molecular flexibility index (Phi) is 9.97. The Morgan fingerprint density at radius 2 is 1.77 bits per heavy atom. The van der Waals surface area contributed by atoms with Crippen LogP contribution in [-0.2, 0) is 28.3 Å². The van der Waals surface area contributed by atoms with Crippen LogP contribution in [0.3, 0.4) is 0 Å². The van der Waals surface area contributed by atoms with Gasteiger partial charge in [0.1, 0.15) is 6.04 Å². The minimum atomic E-state index is -1.80. The average molecular weight is 445 g/mol. The molecule has 1 aliphatic heterocycles. The van der Waals surface area contributed by atoms with E-state index in [1.807, 2.05) is 13.8 Å². The van der Waals surface area contributed by atoms with E-state index in [4.69, 9.17) is 13.9 Å². The molecule has 0 aromatic heterocycles. The van der Waals surface area contributed by atoms with Gasteiger partial charge in [0, 0.05) is 13.2 Å². The van der Waals surface area contributed by atoms with Gasteiger partial charge in [-0.3, -0.25) is 9.59 Å². The van der Waals surface area contributed by atoms with E-state index in [0.29, 0.717) is 26.0 Å².